The number of aliphatic carboxylic acids is 1. The van der Waals surface area contributed by atoms with Crippen LogP contribution >= 0.6 is 0 Å². The van der Waals surface area contributed by atoms with Crippen molar-refractivity contribution < 1.29 is 19.5 Å². The molecule has 1 saturated carbocycles. The number of amides is 2. The first kappa shape index (κ1) is 18.0. The summed E-state index contributed by atoms with van der Waals surface area (Å²) in [5.41, 5.74) is 1.97. The molecule has 2 N–H and O–H groups in total. The summed E-state index contributed by atoms with van der Waals surface area (Å²) in [6.45, 7) is 1.86. The van der Waals surface area contributed by atoms with E-state index in [0.29, 0.717) is 30.5 Å². The summed E-state index contributed by atoms with van der Waals surface area (Å²) in [4.78, 5) is 37.2. The van der Waals surface area contributed by atoms with E-state index in [2.05, 4.69) is 5.32 Å². The smallest absolute Gasteiger partial charge is 0.306 e. The molecule has 0 spiro atoms. The van der Waals surface area contributed by atoms with Crippen LogP contribution in [0.4, 0.5) is 5.69 Å². The Labute approximate surface area is 141 Å². The topological polar surface area (TPSA) is 86.7 Å². The number of carboxylic acid groups (broad SMARTS) is 1. The Morgan fingerprint density at radius 3 is 2.46 bits per heavy atom. The molecule has 0 radical (unpaired) electrons. The lowest BCUT2D eigenvalue weighted by molar-refractivity contribution is -0.143. The highest BCUT2D eigenvalue weighted by molar-refractivity contribution is 5.98. The van der Waals surface area contributed by atoms with Gasteiger partial charge in [-0.05, 0) is 43.9 Å². The van der Waals surface area contributed by atoms with Crippen LogP contribution in [0.3, 0.4) is 0 Å². The number of carbonyl (C=O) groups is 3. The van der Waals surface area contributed by atoms with Gasteiger partial charge in [0.2, 0.25) is 5.91 Å². The van der Waals surface area contributed by atoms with E-state index >= 15 is 0 Å². The highest BCUT2D eigenvalue weighted by Gasteiger charge is 2.31. The van der Waals surface area contributed by atoms with E-state index in [-0.39, 0.29) is 17.7 Å². The molecule has 6 heteroatoms. The molecule has 24 heavy (non-hydrogen) atoms. The third kappa shape index (κ3) is 4.13. The van der Waals surface area contributed by atoms with Crippen molar-refractivity contribution in [3.8, 4) is 0 Å². The molecule has 2 atom stereocenters. The van der Waals surface area contributed by atoms with Gasteiger partial charge in [0.15, 0.2) is 0 Å². The predicted molar refractivity (Wildman–Crippen MR) is 90.9 cm³/mol. The Bertz CT molecular complexity index is 654. The molecule has 2 unspecified atom stereocenters. The summed E-state index contributed by atoms with van der Waals surface area (Å²) in [5, 5.41) is 12.0. The van der Waals surface area contributed by atoms with Crippen molar-refractivity contribution >= 4 is 23.5 Å². The van der Waals surface area contributed by atoms with Crippen LogP contribution in [0.25, 0.3) is 0 Å². The summed E-state index contributed by atoms with van der Waals surface area (Å²) in [5.74, 6) is -1.88. The molecule has 0 aliphatic heterocycles. The van der Waals surface area contributed by atoms with Crippen molar-refractivity contribution in [1.29, 1.82) is 0 Å². The molecule has 1 aliphatic rings. The maximum Gasteiger partial charge on any atom is 0.306 e. The van der Waals surface area contributed by atoms with E-state index in [0.717, 1.165) is 12.0 Å². The zero-order chi connectivity index (χ0) is 17.9. The summed E-state index contributed by atoms with van der Waals surface area (Å²) < 4.78 is 0. The molecular weight excluding hydrogens is 308 g/mol. The molecule has 6 nitrogen and oxygen atoms in total. The molecule has 0 heterocycles. The van der Waals surface area contributed by atoms with E-state index in [1.165, 1.54) is 4.90 Å². The minimum absolute atomic E-state index is 0.130. The number of nitrogens with zero attached hydrogens (tertiary/aromatic N) is 1. The van der Waals surface area contributed by atoms with Crippen LogP contribution in [0.5, 0.6) is 0 Å². The molecular formula is C18H24N2O4. The average molecular weight is 332 g/mol. The molecule has 1 aliphatic carbocycles. The van der Waals surface area contributed by atoms with Crippen LogP contribution in [0, 0.1) is 18.8 Å². The van der Waals surface area contributed by atoms with Gasteiger partial charge in [-0.3, -0.25) is 14.4 Å². The fraction of sp³-hybridized carbons (Fsp3) is 0.500. The number of rotatable bonds is 4. The van der Waals surface area contributed by atoms with E-state index in [4.69, 9.17) is 5.11 Å². The van der Waals surface area contributed by atoms with Crippen LogP contribution in [-0.4, -0.2) is 41.9 Å². The maximum atomic E-state index is 12.5. The number of hydrogen-bond acceptors (Lipinski definition) is 3. The number of aryl methyl sites for hydroxylation is 1. The number of carbonyl (C=O) groups excluding carboxylic acids is 2. The highest BCUT2D eigenvalue weighted by Crippen LogP contribution is 2.30. The summed E-state index contributed by atoms with van der Waals surface area (Å²) in [7, 11) is 3.35. The molecule has 1 aromatic carbocycles. The van der Waals surface area contributed by atoms with Crippen LogP contribution in [0.15, 0.2) is 18.2 Å². The molecule has 0 saturated heterocycles. The Morgan fingerprint density at radius 1 is 1.17 bits per heavy atom. The van der Waals surface area contributed by atoms with E-state index in [9.17, 15) is 14.4 Å². The second-order valence-electron chi connectivity index (χ2n) is 6.62. The Morgan fingerprint density at radius 2 is 1.83 bits per heavy atom. The molecule has 1 fully saturated rings. The van der Waals surface area contributed by atoms with Gasteiger partial charge in [0.1, 0.15) is 0 Å². The largest absolute Gasteiger partial charge is 0.481 e. The Balaban J connectivity index is 2.12. The van der Waals surface area contributed by atoms with Gasteiger partial charge in [0.05, 0.1) is 5.92 Å². The number of nitrogens with one attached hydrogen (secondary N) is 1. The van der Waals surface area contributed by atoms with Gasteiger partial charge < -0.3 is 15.3 Å². The highest BCUT2D eigenvalue weighted by atomic mass is 16.4. The van der Waals surface area contributed by atoms with Crippen LogP contribution in [0.2, 0.25) is 0 Å². The summed E-state index contributed by atoms with van der Waals surface area (Å²) >= 11 is 0. The number of hydrogen-bond donors (Lipinski definition) is 2. The lowest BCUT2D eigenvalue weighted by Crippen LogP contribution is -2.31. The predicted octanol–water partition coefficient (Wildman–Crippen LogP) is 2.53. The van der Waals surface area contributed by atoms with Crippen LogP contribution in [-0.2, 0) is 9.59 Å². The normalized spacial score (nSPS) is 20.3. The van der Waals surface area contributed by atoms with Crippen molar-refractivity contribution in [2.75, 3.05) is 19.4 Å². The quantitative estimate of drug-likeness (QED) is 0.887. The van der Waals surface area contributed by atoms with E-state index in [1.807, 2.05) is 6.92 Å². The summed E-state index contributed by atoms with van der Waals surface area (Å²) in [6, 6.07) is 5.20. The second kappa shape index (κ2) is 7.47. The van der Waals surface area contributed by atoms with Gasteiger partial charge in [-0.2, -0.15) is 0 Å². The van der Waals surface area contributed by atoms with Gasteiger partial charge >= 0.3 is 5.97 Å². The molecule has 130 valence electrons. The molecule has 0 bridgehead atoms. The van der Waals surface area contributed by atoms with Crippen LogP contribution in [0.1, 0.15) is 41.6 Å². The number of anilines is 1. The number of benzene rings is 1. The molecule has 1 aromatic rings. The second-order valence-corrected chi connectivity index (χ2v) is 6.62. The average Bonchev–Trinajstić information content (AvgIpc) is 2.56. The van der Waals surface area contributed by atoms with Gasteiger partial charge in [0.25, 0.3) is 5.91 Å². The van der Waals surface area contributed by atoms with Crippen LogP contribution < -0.4 is 5.32 Å². The third-order valence-corrected chi connectivity index (χ3v) is 4.54. The van der Waals surface area contributed by atoms with Gasteiger partial charge in [-0.25, -0.2) is 0 Å². The fourth-order valence-corrected chi connectivity index (χ4v) is 3.03. The van der Waals surface area contributed by atoms with Gasteiger partial charge in [0, 0.05) is 31.3 Å². The zero-order valence-electron chi connectivity index (χ0n) is 14.3. The zero-order valence-corrected chi connectivity index (χ0v) is 14.3. The lowest BCUT2D eigenvalue weighted by Gasteiger charge is -2.26. The molecule has 2 rings (SSSR count). The maximum absolute atomic E-state index is 12.5. The van der Waals surface area contributed by atoms with Crippen molar-refractivity contribution in [2.24, 2.45) is 11.8 Å². The third-order valence-electron chi connectivity index (χ3n) is 4.54. The van der Waals surface area contributed by atoms with Crippen molar-refractivity contribution in [1.82, 2.24) is 4.90 Å². The fourth-order valence-electron chi connectivity index (χ4n) is 3.03. The van der Waals surface area contributed by atoms with Crippen molar-refractivity contribution in [2.45, 2.75) is 32.6 Å². The first-order valence-corrected chi connectivity index (χ1v) is 8.15. The standard InChI is InChI=1S/C18H24N2O4/c1-11-7-8-13(17(22)20(2)3)10-15(11)19-16(21)12-5-4-6-14(9-12)18(23)24/h7-8,10,12,14H,4-6,9H2,1-3H3,(H,19,21)(H,23,24). The molecule has 2 amide bonds. The number of carboxylic acids is 1. The first-order chi connectivity index (χ1) is 11.3. The Kier molecular flexibility index (Phi) is 5.59. The van der Waals surface area contributed by atoms with Gasteiger partial charge in [-0.1, -0.05) is 12.5 Å². The van der Waals surface area contributed by atoms with E-state index < -0.39 is 11.9 Å². The van der Waals surface area contributed by atoms with Gasteiger partial charge in [-0.15, -0.1) is 0 Å². The minimum atomic E-state index is -0.831. The minimum Gasteiger partial charge on any atom is -0.481 e. The SMILES string of the molecule is Cc1ccc(C(=O)N(C)C)cc1NC(=O)C1CCCC(C(=O)O)C1. The van der Waals surface area contributed by atoms with Crippen molar-refractivity contribution in [3.05, 3.63) is 29.3 Å². The monoisotopic (exact) mass is 332 g/mol. The summed E-state index contributed by atoms with van der Waals surface area (Å²) in [6.07, 6.45) is 2.44. The van der Waals surface area contributed by atoms with E-state index in [1.54, 1.807) is 32.3 Å². The lowest BCUT2D eigenvalue weighted by atomic mass is 9.81. The Hall–Kier alpha value is -2.37. The van der Waals surface area contributed by atoms with Crippen molar-refractivity contribution in [3.63, 3.8) is 0 Å². The molecule has 0 aromatic heterocycles. The first-order valence-electron chi connectivity index (χ1n) is 8.15.